The Morgan fingerprint density at radius 1 is 1.25 bits per heavy atom. The zero-order valence-corrected chi connectivity index (χ0v) is 15.5. The van der Waals surface area contributed by atoms with Crippen molar-refractivity contribution in [2.24, 2.45) is 11.8 Å². The fraction of sp³-hybridized carbons (Fsp3) is 0.632. The maximum absolute atomic E-state index is 13.7. The normalized spacial score (nSPS) is 21.3. The molecule has 0 bridgehead atoms. The van der Waals surface area contributed by atoms with Crippen LogP contribution >= 0.6 is 0 Å². The molecule has 0 aliphatic carbocycles. The van der Waals surface area contributed by atoms with Gasteiger partial charge in [-0.25, -0.2) is 4.39 Å². The van der Waals surface area contributed by atoms with Crippen LogP contribution < -0.4 is 0 Å². The molecule has 1 aromatic carbocycles. The fourth-order valence-corrected chi connectivity index (χ4v) is 3.52. The zero-order chi connectivity index (χ0) is 17.9. The Morgan fingerprint density at radius 3 is 2.46 bits per heavy atom. The molecule has 2 unspecified atom stereocenters. The second-order valence-electron chi connectivity index (χ2n) is 7.50. The van der Waals surface area contributed by atoms with Crippen LogP contribution in [0.4, 0.5) is 4.39 Å². The lowest BCUT2D eigenvalue weighted by atomic mass is 9.91. The number of likely N-dealkylation sites (N-methyl/N-ethyl adjacent to an activating group) is 2. The highest BCUT2D eigenvalue weighted by molar-refractivity contribution is 5.78. The van der Waals surface area contributed by atoms with E-state index < -0.39 is 0 Å². The van der Waals surface area contributed by atoms with Crippen molar-refractivity contribution < 1.29 is 9.18 Å². The van der Waals surface area contributed by atoms with Gasteiger partial charge < -0.3 is 9.80 Å². The van der Waals surface area contributed by atoms with E-state index in [4.69, 9.17) is 0 Å². The molecular weight excluding hydrogens is 305 g/mol. The lowest BCUT2D eigenvalue weighted by Crippen LogP contribution is -2.40. The Morgan fingerprint density at radius 2 is 1.92 bits per heavy atom. The molecule has 1 aliphatic rings. The molecule has 1 heterocycles. The maximum Gasteiger partial charge on any atom is 0.236 e. The predicted octanol–water partition coefficient (Wildman–Crippen LogP) is 2.30. The highest BCUT2D eigenvalue weighted by atomic mass is 19.1. The molecule has 0 radical (unpaired) electrons. The number of carbonyl (C=O) groups is 1. The van der Waals surface area contributed by atoms with Crippen molar-refractivity contribution in [2.75, 3.05) is 40.8 Å². The lowest BCUT2D eigenvalue weighted by molar-refractivity contribution is -0.131. The number of hydrogen-bond donors (Lipinski definition) is 0. The molecule has 4 nitrogen and oxygen atoms in total. The van der Waals surface area contributed by atoms with Crippen molar-refractivity contribution in [1.29, 1.82) is 0 Å². The Hall–Kier alpha value is -1.46. The first kappa shape index (κ1) is 18.9. The van der Waals surface area contributed by atoms with Gasteiger partial charge in [-0.2, -0.15) is 0 Å². The van der Waals surface area contributed by atoms with Crippen LogP contribution in [0, 0.1) is 17.7 Å². The third kappa shape index (κ3) is 4.54. The molecule has 1 aromatic rings. The van der Waals surface area contributed by atoms with Crippen LogP contribution in [0.25, 0.3) is 0 Å². The quantitative estimate of drug-likeness (QED) is 0.798. The first-order chi connectivity index (χ1) is 11.3. The lowest BCUT2D eigenvalue weighted by Gasteiger charge is -2.27. The van der Waals surface area contributed by atoms with Crippen molar-refractivity contribution in [3.63, 3.8) is 0 Å². The molecular formula is C19H30FN3O. The number of halogens is 1. The molecule has 0 N–H and O–H groups in total. The van der Waals surface area contributed by atoms with Gasteiger partial charge in [0.05, 0.1) is 6.54 Å². The Balaban J connectivity index is 1.93. The van der Waals surface area contributed by atoms with Crippen molar-refractivity contribution in [2.45, 2.75) is 26.4 Å². The van der Waals surface area contributed by atoms with Crippen LogP contribution in [0.3, 0.4) is 0 Å². The van der Waals surface area contributed by atoms with Crippen molar-refractivity contribution in [3.05, 3.63) is 35.6 Å². The largest absolute Gasteiger partial charge is 0.340 e. The van der Waals surface area contributed by atoms with Gasteiger partial charge >= 0.3 is 0 Å². The molecule has 1 fully saturated rings. The van der Waals surface area contributed by atoms with Gasteiger partial charge in [0.1, 0.15) is 5.82 Å². The molecule has 0 spiro atoms. The van der Waals surface area contributed by atoms with Gasteiger partial charge in [0, 0.05) is 31.2 Å². The van der Waals surface area contributed by atoms with Gasteiger partial charge in [-0.15, -0.1) is 0 Å². The van der Waals surface area contributed by atoms with E-state index in [1.807, 2.05) is 22.9 Å². The summed E-state index contributed by atoms with van der Waals surface area (Å²) >= 11 is 0. The van der Waals surface area contributed by atoms with E-state index in [1.54, 1.807) is 12.1 Å². The van der Waals surface area contributed by atoms with Gasteiger partial charge in [-0.1, -0.05) is 32.0 Å². The molecule has 1 amide bonds. The van der Waals surface area contributed by atoms with E-state index in [0.717, 1.165) is 13.1 Å². The number of carbonyl (C=O) groups excluding carboxylic acids is 1. The summed E-state index contributed by atoms with van der Waals surface area (Å²) < 4.78 is 13.7. The predicted molar refractivity (Wildman–Crippen MR) is 95.1 cm³/mol. The number of benzene rings is 1. The SMILES string of the molecule is CC(C)C1CN(C(=O)CN(C)Cc2ccccc2F)CC1N(C)C. The summed E-state index contributed by atoms with van der Waals surface area (Å²) in [6.45, 7) is 6.80. The molecule has 2 atom stereocenters. The number of rotatable bonds is 6. The standard InChI is InChI=1S/C19H30FN3O/c1-14(2)16-11-23(12-18(16)21(3)4)19(24)13-22(5)10-15-8-6-7-9-17(15)20/h6-9,14,16,18H,10-13H2,1-5H3. The minimum atomic E-state index is -0.217. The van der Waals surface area contributed by atoms with Gasteiger partial charge in [-0.05, 0) is 39.0 Å². The van der Waals surface area contributed by atoms with Crippen LogP contribution in [-0.2, 0) is 11.3 Å². The minimum absolute atomic E-state index is 0.129. The fourth-order valence-electron chi connectivity index (χ4n) is 3.52. The molecule has 1 aliphatic heterocycles. The summed E-state index contributed by atoms with van der Waals surface area (Å²) in [4.78, 5) is 18.7. The van der Waals surface area contributed by atoms with Crippen LogP contribution in [0.5, 0.6) is 0 Å². The van der Waals surface area contributed by atoms with Gasteiger partial charge in [0.15, 0.2) is 0 Å². The Bertz CT molecular complexity index is 545. The second kappa shape index (κ2) is 8.08. The number of nitrogens with zero attached hydrogens (tertiary/aromatic N) is 3. The van der Waals surface area contributed by atoms with Crippen LogP contribution in [0.1, 0.15) is 19.4 Å². The zero-order valence-electron chi connectivity index (χ0n) is 15.5. The molecule has 1 saturated heterocycles. The highest BCUT2D eigenvalue weighted by Gasteiger charge is 2.37. The smallest absolute Gasteiger partial charge is 0.236 e. The average Bonchev–Trinajstić information content (AvgIpc) is 2.95. The summed E-state index contributed by atoms with van der Waals surface area (Å²) in [6.07, 6.45) is 0. The Kier molecular flexibility index (Phi) is 6.35. The number of likely N-dealkylation sites (tertiary alicyclic amines) is 1. The first-order valence-electron chi connectivity index (χ1n) is 8.65. The highest BCUT2D eigenvalue weighted by Crippen LogP contribution is 2.27. The molecule has 24 heavy (non-hydrogen) atoms. The third-order valence-corrected chi connectivity index (χ3v) is 5.01. The molecule has 0 saturated carbocycles. The van der Waals surface area contributed by atoms with Gasteiger partial charge in [-0.3, -0.25) is 9.69 Å². The van der Waals surface area contributed by atoms with Gasteiger partial charge in [0.2, 0.25) is 5.91 Å². The molecule has 0 aromatic heterocycles. The van der Waals surface area contributed by atoms with E-state index in [2.05, 4.69) is 32.8 Å². The number of hydrogen-bond acceptors (Lipinski definition) is 3. The molecule has 5 heteroatoms. The van der Waals surface area contributed by atoms with E-state index >= 15 is 0 Å². The summed E-state index contributed by atoms with van der Waals surface area (Å²) in [5.41, 5.74) is 0.625. The van der Waals surface area contributed by atoms with Crippen LogP contribution in [0.2, 0.25) is 0 Å². The molecule has 134 valence electrons. The monoisotopic (exact) mass is 335 g/mol. The van der Waals surface area contributed by atoms with E-state index in [9.17, 15) is 9.18 Å². The maximum atomic E-state index is 13.7. The summed E-state index contributed by atoms with van der Waals surface area (Å²) in [5.74, 6) is 0.960. The third-order valence-electron chi connectivity index (χ3n) is 5.01. The number of amides is 1. The second-order valence-corrected chi connectivity index (χ2v) is 7.50. The average molecular weight is 335 g/mol. The van der Waals surface area contributed by atoms with E-state index in [1.165, 1.54) is 6.07 Å². The first-order valence-corrected chi connectivity index (χ1v) is 8.65. The molecule has 2 rings (SSSR count). The summed E-state index contributed by atoms with van der Waals surface area (Å²) in [7, 11) is 6.03. The topological polar surface area (TPSA) is 26.8 Å². The summed E-state index contributed by atoms with van der Waals surface area (Å²) in [5, 5.41) is 0. The van der Waals surface area contributed by atoms with E-state index in [-0.39, 0.29) is 11.7 Å². The van der Waals surface area contributed by atoms with Crippen molar-refractivity contribution in [3.8, 4) is 0 Å². The van der Waals surface area contributed by atoms with Crippen LogP contribution in [-0.4, -0.2) is 67.4 Å². The minimum Gasteiger partial charge on any atom is -0.340 e. The van der Waals surface area contributed by atoms with Crippen molar-refractivity contribution in [1.82, 2.24) is 14.7 Å². The van der Waals surface area contributed by atoms with Crippen molar-refractivity contribution >= 4 is 5.91 Å². The van der Waals surface area contributed by atoms with Gasteiger partial charge in [0.25, 0.3) is 0 Å². The van der Waals surface area contributed by atoms with Crippen LogP contribution in [0.15, 0.2) is 24.3 Å². The Labute approximate surface area is 145 Å². The van der Waals surface area contributed by atoms with E-state index in [0.29, 0.717) is 36.5 Å². The summed E-state index contributed by atoms with van der Waals surface area (Å²) in [6, 6.07) is 7.14.